The monoisotopic (exact) mass is 330 g/mol. The number of H-pyrrole nitrogens is 1. The van der Waals surface area contributed by atoms with Crippen molar-refractivity contribution in [3.63, 3.8) is 0 Å². The third-order valence-electron chi connectivity index (χ3n) is 4.06. The lowest BCUT2D eigenvalue weighted by atomic mass is 10.1. The van der Waals surface area contributed by atoms with Gasteiger partial charge in [-0.3, -0.25) is 9.59 Å². The molecule has 0 unspecified atom stereocenters. The Morgan fingerprint density at radius 2 is 2.17 bits per heavy atom. The average Bonchev–Trinajstić information content (AvgIpc) is 3.02. The van der Waals surface area contributed by atoms with Crippen molar-refractivity contribution in [1.82, 2.24) is 10.3 Å². The third-order valence-corrected chi connectivity index (χ3v) is 4.06. The second-order valence-electron chi connectivity index (χ2n) is 5.62. The van der Waals surface area contributed by atoms with Crippen LogP contribution in [0.3, 0.4) is 0 Å². The number of carboxylic acids is 1. The summed E-state index contributed by atoms with van der Waals surface area (Å²) in [6.07, 6.45) is 1.68. The van der Waals surface area contributed by atoms with Crippen LogP contribution in [0.5, 0.6) is 11.5 Å². The van der Waals surface area contributed by atoms with Crippen LogP contribution in [0, 0.1) is 0 Å². The fraction of sp³-hybridized carbons (Fsp3) is 0.294. The first-order chi connectivity index (χ1) is 11.5. The van der Waals surface area contributed by atoms with E-state index >= 15 is 0 Å². The van der Waals surface area contributed by atoms with Gasteiger partial charge in [0, 0.05) is 36.0 Å². The van der Waals surface area contributed by atoms with Gasteiger partial charge in [-0.15, -0.1) is 0 Å². The van der Waals surface area contributed by atoms with E-state index in [0.717, 1.165) is 5.56 Å². The minimum atomic E-state index is -0.907. The number of aliphatic carboxylic acids is 1. The molecule has 126 valence electrons. The van der Waals surface area contributed by atoms with E-state index in [9.17, 15) is 9.59 Å². The van der Waals surface area contributed by atoms with Crippen molar-refractivity contribution in [3.8, 4) is 11.5 Å². The number of benzene rings is 1. The minimum absolute atomic E-state index is 0.299. The molecule has 1 aromatic heterocycles. The number of carboxylic acid groups (broad SMARTS) is 1. The van der Waals surface area contributed by atoms with Crippen molar-refractivity contribution in [2.24, 2.45) is 0 Å². The number of hydrogen-bond acceptors (Lipinski definition) is 5. The van der Waals surface area contributed by atoms with Gasteiger partial charge in [0.2, 0.25) is 0 Å². The number of pyridine rings is 1. The molecule has 1 aliphatic rings. The Kier molecular flexibility index (Phi) is 4.26. The Morgan fingerprint density at radius 3 is 2.79 bits per heavy atom. The molecular weight excluding hydrogens is 312 g/mol. The summed E-state index contributed by atoms with van der Waals surface area (Å²) in [5.41, 5.74) is 1.06. The Labute approximate surface area is 137 Å². The normalized spacial score (nSPS) is 20.0. The van der Waals surface area contributed by atoms with Gasteiger partial charge in [0.15, 0.2) is 0 Å². The van der Waals surface area contributed by atoms with Crippen LogP contribution < -0.4 is 20.3 Å². The fourth-order valence-electron chi connectivity index (χ4n) is 2.86. The second kappa shape index (κ2) is 6.37. The molecule has 3 rings (SSSR count). The number of rotatable bonds is 5. The van der Waals surface area contributed by atoms with Gasteiger partial charge in [0.05, 0.1) is 12.6 Å². The number of nitrogens with one attached hydrogen (secondary N) is 2. The lowest BCUT2D eigenvalue weighted by molar-refractivity contribution is -0.139. The molecular formula is C17H18N2O5. The molecule has 7 nitrogen and oxygen atoms in total. The summed E-state index contributed by atoms with van der Waals surface area (Å²) in [5, 5.41) is 12.6. The fourth-order valence-corrected chi connectivity index (χ4v) is 2.86. The molecule has 1 aromatic carbocycles. The van der Waals surface area contributed by atoms with Crippen LogP contribution >= 0.6 is 0 Å². The maximum Gasteiger partial charge on any atom is 0.320 e. The van der Waals surface area contributed by atoms with Gasteiger partial charge >= 0.3 is 5.97 Å². The number of aromatic amines is 1. The highest BCUT2D eigenvalue weighted by molar-refractivity contribution is 5.89. The van der Waals surface area contributed by atoms with E-state index in [1.54, 1.807) is 19.3 Å². The molecule has 1 fully saturated rings. The molecule has 0 bridgehead atoms. The Bertz CT molecular complexity index is 858. The molecule has 0 amide bonds. The summed E-state index contributed by atoms with van der Waals surface area (Å²) in [4.78, 5) is 25.7. The van der Waals surface area contributed by atoms with Crippen LogP contribution in [0.2, 0.25) is 0 Å². The van der Waals surface area contributed by atoms with Gasteiger partial charge in [-0.2, -0.15) is 0 Å². The Morgan fingerprint density at radius 1 is 1.38 bits per heavy atom. The minimum Gasteiger partial charge on any atom is -0.496 e. The van der Waals surface area contributed by atoms with E-state index in [-0.39, 0.29) is 11.7 Å². The lowest BCUT2D eigenvalue weighted by Crippen LogP contribution is -2.30. The van der Waals surface area contributed by atoms with Crippen molar-refractivity contribution in [2.75, 3.05) is 13.7 Å². The SMILES string of the molecule is C=Cc1cc2c(O[C@H]3CN[C@H](C(=O)O)C3)cc(=O)[nH]c2cc1OC. The maximum atomic E-state index is 11.9. The van der Waals surface area contributed by atoms with Gasteiger partial charge in [-0.05, 0) is 6.07 Å². The van der Waals surface area contributed by atoms with E-state index in [2.05, 4.69) is 16.9 Å². The number of ether oxygens (including phenoxy) is 2. The molecule has 7 heteroatoms. The highest BCUT2D eigenvalue weighted by Crippen LogP contribution is 2.31. The van der Waals surface area contributed by atoms with E-state index in [1.165, 1.54) is 6.07 Å². The predicted octanol–water partition coefficient (Wildman–Crippen LogP) is 1.37. The van der Waals surface area contributed by atoms with Crippen molar-refractivity contribution >= 4 is 22.9 Å². The topological polar surface area (TPSA) is 101 Å². The van der Waals surface area contributed by atoms with Crippen LogP contribution in [0.1, 0.15) is 12.0 Å². The average molecular weight is 330 g/mol. The molecule has 24 heavy (non-hydrogen) atoms. The van der Waals surface area contributed by atoms with Crippen molar-refractivity contribution < 1.29 is 19.4 Å². The quantitative estimate of drug-likeness (QED) is 0.765. The molecule has 1 saturated heterocycles. The standard InChI is InChI=1S/C17H18N2O5/c1-3-9-4-11-12(6-14(9)23-2)19-16(20)7-15(11)24-10-5-13(17(21)22)18-8-10/h3-4,6-7,10,13,18H,1,5,8H2,2H3,(H,19,20)(H,21,22)/t10-,13+/m1/s1. The van der Waals surface area contributed by atoms with Gasteiger partial charge < -0.3 is 24.9 Å². The van der Waals surface area contributed by atoms with E-state index < -0.39 is 12.0 Å². The van der Waals surface area contributed by atoms with Gasteiger partial charge in [-0.1, -0.05) is 12.7 Å². The summed E-state index contributed by atoms with van der Waals surface area (Å²) < 4.78 is 11.2. The second-order valence-corrected chi connectivity index (χ2v) is 5.62. The zero-order valence-electron chi connectivity index (χ0n) is 13.2. The summed E-state index contributed by atoms with van der Waals surface area (Å²) in [6, 6.07) is 4.28. The molecule has 3 N–H and O–H groups in total. The first-order valence-corrected chi connectivity index (χ1v) is 7.52. The lowest BCUT2D eigenvalue weighted by Gasteiger charge is -2.15. The highest BCUT2D eigenvalue weighted by atomic mass is 16.5. The van der Waals surface area contributed by atoms with Crippen molar-refractivity contribution in [1.29, 1.82) is 0 Å². The molecule has 1 aliphatic heterocycles. The van der Waals surface area contributed by atoms with Gasteiger partial charge in [-0.25, -0.2) is 0 Å². The maximum absolute atomic E-state index is 11.9. The van der Waals surface area contributed by atoms with Crippen LogP contribution in [0.15, 0.2) is 29.6 Å². The van der Waals surface area contributed by atoms with Gasteiger partial charge in [0.1, 0.15) is 23.6 Å². The number of aromatic nitrogens is 1. The van der Waals surface area contributed by atoms with Crippen LogP contribution in [0.4, 0.5) is 0 Å². The molecule has 0 spiro atoms. The van der Waals surface area contributed by atoms with E-state index in [0.29, 0.717) is 35.4 Å². The largest absolute Gasteiger partial charge is 0.496 e. The molecule has 0 saturated carbocycles. The first kappa shape index (κ1) is 16.1. The summed E-state index contributed by atoms with van der Waals surface area (Å²) in [5.74, 6) is 0.103. The van der Waals surface area contributed by atoms with Crippen LogP contribution in [-0.2, 0) is 4.79 Å². The Hall–Kier alpha value is -2.80. The highest BCUT2D eigenvalue weighted by Gasteiger charge is 2.30. The molecule has 0 radical (unpaired) electrons. The number of methoxy groups -OCH3 is 1. The molecule has 0 aliphatic carbocycles. The predicted molar refractivity (Wildman–Crippen MR) is 89.7 cm³/mol. The summed E-state index contributed by atoms with van der Waals surface area (Å²) in [6.45, 7) is 4.17. The molecule has 2 aromatic rings. The summed E-state index contributed by atoms with van der Waals surface area (Å²) >= 11 is 0. The first-order valence-electron chi connectivity index (χ1n) is 7.52. The zero-order chi connectivity index (χ0) is 17.3. The number of carbonyl (C=O) groups is 1. The number of fused-ring (bicyclic) bond motifs is 1. The van der Waals surface area contributed by atoms with Crippen molar-refractivity contribution in [3.05, 3.63) is 40.7 Å². The van der Waals surface area contributed by atoms with E-state index in [1.807, 2.05) is 6.07 Å². The van der Waals surface area contributed by atoms with E-state index in [4.69, 9.17) is 14.6 Å². The smallest absolute Gasteiger partial charge is 0.320 e. The van der Waals surface area contributed by atoms with Crippen LogP contribution in [0.25, 0.3) is 17.0 Å². The molecule has 2 atom stereocenters. The van der Waals surface area contributed by atoms with Crippen molar-refractivity contribution in [2.45, 2.75) is 18.6 Å². The van der Waals surface area contributed by atoms with Gasteiger partial charge in [0.25, 0.3) is 5.56 Å². The third kappa shape index (κ3) is 2.98. The zero-order valence-corrected chi connectivity index (χ0v) is 13.2. The summed E-state index contributed by atoms with van der Waals surface area (Å²) in [7, 11) is 1.54. The van der Waals surface area contributed by atoms with Crippen LogP contribution in [-0.4, -0.2) is 41.9 Å². The number of hydrogen-bond donors (Lipinski definition) is 3. The Balaban J connectivity index is 1.99. The molecule has 2 heterocycles.